The molecule has 0 spiro atoms. The lowest BCUT2D eigenvalue weighted by Gasteiger charge is -2.36. The van der Waals surface area contributed by atoms with Crippen molar-refractivity contribution in [1.82, 2.24) is 24.6 Å². The quantitative estimate of drug-likeness (QED) is 0.803. The predicted molar refractivity (Wildman–Crippen MR) is 90.7 cm³/mol. The fourth-order valence-electron chi connectivity index (χ4n) is 3.71. The third-order valence-corrected chi connectivity index (χ3v) is 5.07. The minimum atomic E-state index is 0.260. The van der Waals surface area contributed by atoms with Crippen molar-refractivity contribution < 1.29 is 9.53 Å². The largest absolute Gasteiger partial charge is 0.378 e. The lowest BCUT2D eigenvalue weighted by molar-refractivity contribution is -0.135. The summed E-state index contributed by atoms with van der Waals surface area (Å²) in [7, 11) is 0. The number of hydrogen-bond acceptors (Lipinski definition) is 5. The second kappa shape index (κ2) is 8.07. The minimum absolute atomic E-state index is 0.260. The average Bonchev–Trinajstić information content (AvgIpc) is 2.92. The number of nitrogens with zero attached hydrogens (tertiary/aromatic N) is 5. The topological polar surface area (TPSA) is 63.5 Å². The van der Waals surface area contributed by atoms with Crippen molar-refractivity contribution in [2.75, 3.05) is 39.4 Å². The Kier molecular flexibility index (Phi) is 5.84. The van der Waals surface area contributed by atoms with Crippen LogP contribution in [0.1, 0.15) is 37.3 Å². The van der Waals surface area contributed by atoms with Crippen molar-refractivity contribution in [2.45, 2.75) is 52.1 Å². The molecule has 1 aromatic heterocycles. The van der Waals surface area contributed by atoms with Crippen LogP contribution in [0.5, 0.6) is 0 Å². The van der Waals surface area contributed by atoms with Crippen LogP contribution in [-0.4, -0.2) is 75.9 Å². The van der Waals surface area contributed by atoms with Gasteiger partial charge in [0.2, 0.25) is 5.91 Å². The minimum Gasteiger partial charge on any atom is -0.378 e. The van der Waals surface area contributed by atoms with Crippen LogP contribution in [0, 0.1) is 13.8 Å². The van der Waals surface area contributed by atoms with Crippen molar-refractivity contribution in [3.63, 3.8) is 0 Å². The maximum absolute atomic E-state index is 12.4. The van der Waals surface area contributed by atoms with E-state index in [1.807, 2.05) is 23.4 Å². The van der Waals surface area contributed by atoms with E-state index in [1.165, 1.54) is 19.3 Å². The van der Waals surface area contributed by atoms with Crippen LogP contribution in [0.3, 0.4) is 0 Å². The summed E-state index contributed by atoms with van der Waals surface area (Å²) < 4.78 is 7.34. The summed E-state index contributed by atoms with van der Waals surface area (Å²) >= 11 is 0. The van der Waals surface area contributed by atoms with Gasteiger partial charge in [0.15, 0.2) is 0 Å². The Morgan fingerprint density at radius 1 is 1.21 bits per heavy atom. The zero-order valence-corrected chi connectivity index (χ0v) is 14.9. The molecule has 0 bridgehead atoms. The molecule has 0 aromatic carbocycles. The summed E-state index contributed by atoms with van der Waals surface area (Å²) in [5.41, 5.74) is 0. The van der Waals surface area contributed by atoms with E-state index in [-0.39, 0.29) is 5.91 Å². The molecule has 0 radical (unpaired) electrons. The Morgan fingerprint density at radius 3 is 2.71 bits per heavy atom. The Hall–Kier alpha value is -1.47. The summed E-state index contributed by atoms with van der Waals surface area (Å²) in [5, 5.41) is 4.50. The fourth-order valence-corrected chi connectivity index (χ4v) is 3.71. The number of likely N-dealkylation sites (tertiary alicyclic amines) is 1. The molecule has 2 aliphatic heterocycles. The lowest BCUT2D eigenvalue weighted by atomic mass is 10.0. The van der Waals surface area contributed by atoms with E-state index in [0.29, 0.717) is 25.7 Å². The summed E-state index contributed by atoms with van der Waals surface area (Å²) in [6, 6.07) is 0.455. The third-order valence-electron chi connectivity index (χ3n) is 5.07. The number of carbonyl (C=O) groups excluding carboxylic acids is 1. The van der Waals surface area contributed by atoms with Gasteiger partial charge < -0.3 is 9.64 Å². The molecule has 7 heteroatoms. The number of morpholine rings is 1. The van der Waals surface area contributed by atoms with Crippen LogP contribution < -0.4 is 0 Å². The molecule has 0 saturated carbocycles. The molecule has 7 nitrogen and oxygen atoms in total. The van der Waals surface area contributed by atoms with E-state index in [2.05, 4.69) is 15.0 Å². The number of aromatic nitrogens is 3. The zero-order chi connectivity index (χ0) is 16.9. The van der Waals surface area contributed by atoms with Gasteiger partial charge in [-0.05, 0) is 33.2 Å². The second-order valence-corrected chi connectivity index (χ2v) is 6.82. The Bertz CT molecular complexity index is 553. The summed E-state index contributed by atoms with van der Waals surface area (Å²) in [5.74, 6) is 2.06. The maximum Gasteiger partial charge on any atom is 0.224 e. The molecule has 1 unspecified atom stereocenters. The van der Waals surface area contributed by atoms with E-state index >= 15 is 0 Å². The van der Waals surface area contributed by atoms with Gasteiger partial charge in [-0.3, -0.25) is 9.69 Å². The smallest absolute Gasteiger partial charge is 0.224 e. The van der Waals surface area contributed by atoms with Gasteiger partial charge >= 0.3 is 0 Å². The van der Waals surface area contributed by atoms with Crippen LogP contribution in [0.15, 0.2) is 0 Å². The molecule has 2 saturated heterocycles. The second-order valence-electron chi connectivity index (χ2n) is 6.82. The van der Waals surface area contributed by atoms with Gasteiger partial charge in [-0.2, -0.15) is 5.10 Å². The molecule has 1 amide bonds. The molecule has 0 N–H and O–H groups in total. The SMILES string of the molecule is Cc1nc(C)n(CC2CCCCN2CCC(=O)N2CCOCC2)n1. The van der Waals surface area contributed by atoms with Crippen molar-refractivity contribution >= 4 is 5.91 Å². The molecule has 1 aromatic rings. The molecular formula is C17H29N5O2. The molecule has 3 rings (SSSR count). The van der Waals surface area contributed by atoms with Crippen molar-refractivity contribution in [3.8, 4) is 0 Å². The monoisotopic (exact) mass is 335 g/mol. The Balaban J connectivity index is 1.54. The van der Waals surface area contributed by atoms with Crippen molar-refractivity contribution in [2.24, 2.45) is 0 Å². The number of piperidine rings is 1. The van der Waals surface area contributed by atoms with Gasteiger partial charge in [-0.15, -0.1) is 0 Å². The molecular weight excluding hydrogens is 306 g/mol. The third kappa shape index (κ3) is 4.33. The molecule has 2 aliphatic rings. The number of aryl methyl sites for hydroxylation is 2. The van der Waals surface area contributed by atoms with E-state index in [0.717, 1.165) is 44.4 Å². The average molecular weight is 335 g/mol. The Morgan fingerprint density at radius 2 is 2.00 bits per heavy atom. The maximum atomic E-state index is 12.4. The number of hydrogen-bond donors (Lipinski definition) is 0. The van der Waals surface area contributed by atoms with E-state index in [1.54, 1.807) is 0 Å². The summed E-state index contributed by atoms with van der Waals surface area (Å²) in [6.45, 7) is 9.55. The molecule has 0 aliphatic carbocycles. The van der Waals surface area contributed by atoms with Crippen LogP contribution in [-0.2, 0) is 16.1 Å². The standard InChI is InChI=1S/C17H29N5O2/c1-14-18-15(2)22(19-14)13-16-5-3-4-7-20(16)8-6-17(23)21-9-11-24-12-10-21/h16H,3-13H2,1-2H3. The first-order valence-corrected chi connectivity index (χ1v) is 9.11. The highest BCUT2D eigenvalue weighted by Gasteiger charge is 2.25. The van der Waals surface area contributed by atoms with Crippen molar-refractivity contribution in [1.29, 1.82) is 0 Å². The van der Waals surface area contributed by atoms with Crippen LogP contribution >= 0.6 is 0 Å². The molecule has 3 heterocycles. The highest BCUT2D eigenvalue weighted by molar-refractivity contribution is 5.76. The van der Waals surface area contributed by atoms with E-state index < -0.39 is 0 Å². The van der Waals surface area contributed by atoms with Gasteiger partial charge in [0, 0.05) is 32.1 Å². The summed E-state index contributed by atoms with van der Waals surface area (Å²) in [4.78, 5) is 21.2. The fraction of sp³-hybridized carbons (Fsp3) is 0.824. The van der Waals surface area contributed by atoms with Gasteiger partial charge in [0.1, 0.15) is 11.6 Å². The van der Waals surface area contributed by atoms with Gasteiger partial charge in [0.25, 0.3) is 0 Å². The van der Waals surface area contributed by atoms with Gasteiger partial charge in [-0.1, -0.05) is 6.42 Å². The normalized spacial score (nSPS) is 22.8. The lowest BCUT2D eigenvalue weighted by Crippen LogP contribution is -2.46. The Labute approximate surface area is 144 Å². The first kappa shape index (κ1) is 17.4. The first-order valence-electron chi connectivity index (χ1n) is 9.11. The highest BCUT2D eigenvalue weighted by atomic mass is 16.5. The van der Waals surface area contributed by atoms with Crippen molar-refractivity contribution in [3.05, 3.63) is 11.6 Å². The van der Waals surface area contributed by atoms with E-state index in [4.69, 9.17) is 4.74 Å². The number of rotatable bonds is 5. The zero-order valence-electron chi connectivity index (χ0n) is 14.9. The van der Waals surface area contributed by atoms with E-state index in [9.17, 15) is 4.79 Å². The van der Waals surface area contributed by atoms with Crippen LogP contribution in [0.2, 0.25) is 0 Å². The van der Waals surface area contributed by atoms with Crippen LogP contribution in [0.25, 0.3) is 0 Å². The number of ether oxygens (including phenoxy) is 1. The number of amides is 1. The summed E-state index contributed by atoms with van der Waals surface area (Å²) in [6.07, 6.45) is 4.25. The number of carbonyl (C=O) groups is 1. The molecule has 2 fully saturated rings. The predicted octanol–water partition coefficient (Wildman–Crippen LogP) is 0.998. The first-order chi connectivity index (χ1) is 11.6. The van der Waals surface area contributed by atoms with Gasteiger partial charge in [0.05, 0.1) is 19.8 Å². The molecule has 134 valence electrons. The van der Waals surface area contributed by atoms with Crippen LogP contribution in [0.4, 0.5) is 0 Å². The van der Waals surface area contributed by atoms with Gasteiger partial charge in [-0.25, -0.2) is 9.67 Å². The highest BCUT2D eigenvalue weighted by Crippen LogP contribution is 2.19. The molecule has 1 atom stereocenters. The molecule has 24 heavy (non-hydrogen) atoms.